The number of fused-ring (bicyclic) bond motifs is 1. The lowest BCUT2D eigenvalue weighted by atomic mass is 9.88. The van der Waals surface area contributed by atoms with Gasteiger partial charge < -0.3 is 14.9 Å². The van der Waals surface area contributed by atoms with Crippen molar-refractivity contribution in [3.8, 4) is 5.75 Å². The number of aliphatic hydroxyl groups is 1. The number of allylic oxidation sites excluding steroid dienone is 1. The third kappa shape index (κ3) is 4.28. The molecule has 0 aliphatic heterocycles. The van der Waals surface area contributed by atoms with Gasteiger partial charge in [-0.2, -0.15) is 0 Å². The van der Waals surface area contributed by atoms with Crippen molar-refractivity contribution in [1.29, 1.82) is 0 Å². The fourth-order valence-electron chi connectivity index (χ4n) is 3.02. The summed E-state index contributed by atoms with van der Waals surface area (Å²) in [6.07, 6.45) is 5.65. The minimum absolute atomic E-state index is 0.203. The largest absolute Gasteiger partial charge is 0.494 e. The highest BCUT2D eigenvalue weighted by molar-refractivity contribution is 5.89. The summed E-state index contributed by atoms with van der Waals surface area (Å²) in [6, 6.07) is 13.2. The molecule has 0 saturated heterocycles. The van der Waals surface area contributed by atoms with Gasteiger partial charge in [0.2, 0.25) is 0 Å². The molecule has 4 heteroatoms. The zero-order chi connectivity index (χ0) is 17.6. The molecule has 0 spiro atoms. The third-order valence-corrected chi connectivity index (χ3v) is 4.43. The fraction of sp³-hybridized carbons (Fsp3) is 0.286. The summed E-state index contributed by atoms with van der Waals surface area (Å²) in [5.74, 6) is -0.0274. The van der Waals surface area contributed by atoms with Crippen molar-refractivity contribution in [2.75, 3.05) is 13.2 Å². The maximum Gasteiger partial charge on any atom is 0.335 e. The smallest absolute Gasteiger partial charge is 0.335 e. The Morgan fingerprint density at radius 1 is 1.04 bits per heavy atom. The highest BCUT2D eigenvalue weighted by Gasteiger charge is 2.13. The average Bonchev–Trinajstić information content (AvgIpc) is 2.65. The number of aliphatic hydroxyl groups excluding tert-OH is 1. The molecule has 0 saturated carbocycles. The minimum atomic E-state index is -0.902. The van der Waals surface area contributed by atoms with E-state index in [-0.39, 0.29) is 6.61 Å². The van der Waals surface area contributed by atoms with E-state index < -0.39 is 5.97 Å². The standard InChI is InChI=1S/C21H22O4/c22-11-1-2-12-25-20-10-9-18-13-17(7-8-19(18)14-20)15-3-5-16(6-4-15)21(23)24/h3-6,9-10,13-14,22H,1-2,7-8,11-12H2,(H,23,24). The molecule has 0 radical (unpaired) electrons. The van der Waals surface area contributed by atoms with E-state index >= 15 is 0 Å². The number of benzene rings is 2. The molecule has 0 amide bonds. The lowest BCUT2D eigenvalue weighted by Gasteiger charge is -2.18. The minimum Gasteiger partial charge on any atom is -0.494 e. The molecule has 1 aliphatic rings. The summed E-state index contributed by atoms with van der Waals surface area (Å²) in [5.41, 5.74) is 5.06. The molecule has 2 aromatic rings. The van der Waals surface area contributed by atoms with Gasteiger partial charge in [-0.15, -0.1) is 0 Å². The topological polar surface area (TPSA) is 66.8 Å². The maximum atomic E-state index is 11.0. The molecule has 1 aliphatic carbocycles. The van der Waals surface area contributed by atoms with Gasteiger partial charge in [0.05, 0.1) is 12.2 Å². The van der Waals surface area contributed by atoms with E-state index in [2.05, 4.69) is 18.2 Å². The number of aromatic carboxylic acids is 1. The molecule has 0 atom stereocenters. The SMILES string of the molecule is O=C(O)c1ccc(C2=Cc3ccc(OCCCCO)cc3CC2)cc1. The molecule has 3 rings (SSSR count). The molecular formula is C21H22O4. The predicted octanol–water partition coefficient (Wildman–Crippen LogP) is 4.02. The summed E-state index contributed by atoms with van der Waals surface area (Å²) in [5, 5.41) is 17.8. The summed E-state index contributed by atoms with van der Waals surface area (Å²) in [6.45, 7) is 0.824. The van der Waals surface area contributed by atoms with Crippen LogP contribution < -0.4 is 4.74 Å². The van der Waals surface area contributed by atoms with E-state index in [4.69, 9.17) is 14.9 Å². The second-order valence-electron chi connectivity index (χ2n) is 6.19. The first kappa shape index (κ1) is 17.2. The molecule has 0 unspecified atom stereocenters. The van der Waals surface area contributed by atoms with Gasteiger partial charge in [-0.3, -0.25) is 0 Å². The highest BCUT2D eigenvalue weighted by atomic mass is 16.5. The molecule has 4 nitrogen and oxygen atoms in total. The second kappa shape index (κ2) is 7.99. The van der Waals surface area contributed by atoms with Gasteiger partial charge in [-0.05, 0) is 72.2 Å². The Hall–Kier alpha value is -2.59. The molecule has 2 N–H and O–H groups in total. The molecule has 2 aromatic carbocycles. The van der Waals surface area contributed by atoms with Crippen LogP contribution in [0.5, 0.6) is 5.75 Å². The van der Waals surface area contributed by atoms with Gasteiger partial charge in [0, 0.05) is 6.61 Å². The van der Waals surface area contributed by atoms with Crippen molar-refractivity contribution in [2.24, 2.45) is 0 Å². The van der Waals surface area contributed by atoms with Crippen LogP contribution in [0.3, 0.4) is 0 Å². The molecule has 0 bridgehead atoms. The molecule has 0 fully saturated rings. The van der Waals surface area contributed by atoms with Crippen LogP contribution in [-0.4, -0.2) is 29.4 Å². The normalized spacial score (nSPS) is 13.1. The first-order valence-corrected chi connectivity index (χ1v) is 8.58. The summed E-state index contributed by atoms with van der Waals surface area (Å²) in [4.78, 5) is 11.0. The van der Waals surface area contributed by atoms with E-state index in [0.717, 1.165) is 37.0 Å². The van der Waals surface area contributed by atoms with Crippen LogP contribution in [0.2, 0.25) is 0 Å². The summed E-state index contributed by atoms with van der Waals surface area (Å²) in [7, 11) is 0. The number of unbranched alkanes of at least 4 members (excludes halogenated alkanes) is 1. The summed E-state index contributed by atoms with van der Waals surface area (Å²) < 4.78 is 5.73. The van der Waals surface area contributed by atoms with Crippen molar-refractivity contribution in [2.45, 2.75) is 25.7 Å². The number of carboxylic acid groups (broad SMARTS) is 1. The van der Waals surface area contributed by atoms with Gasteiger partial charge in [0.15, 0.2) is 0 Å². The van der Waals surface area contributed by atoms with Crippen LogP contribution >= 0.6 is 0 Å². The number of aryl methyl sites for hydroxylation is 1. The van der Waals surface area contributed by atoms with Crippen LogP contribution in [-0.2, 0) is 6.42 Å². The second-order valence-corrected chi connectivity index (χ2v) is 6.19. The van der Waals surface area contributed by atoms with Gasteiger partial charge in [-0.25, -0.2) is 4.79 Å². The molecule has 25 heavy (non-hydrogen) atoms. The molecule has 0 aromatic heterocycles. The number of rotatable bonds is 7. The third-order valence-electron chi connectivity index (χ3n) is 4.43. The quantitative estimate of drug-likeness (QED) is 0.748. The Morgan fingerprint density at radius 3 is 2.56 bits per heavy atom. The van der Waals surface area contributed by atoms with Crippen molar-refractivity contribution in [1.82, 2.24) is 0 Å². The van der Waals surface area contributed by atoms with E-state index in [1.54, 1.807) is 12.1 Å². The Morgan fingerprint density at radius 2 is 1.84 bits per heavy atom. The number of hydrogen-bond donors (Lipinski definition) is 2. The number of ether oxygens (including phenoxy) is 1. The van der Waals surface area contributed by atoms with Gasteiger partial charge in [-0.1, -0.05) is 24.3 Å². The number of carbonyl (C=O) groups is 1. The number of carboxylic acids is 1. The first-order chi connectivity index (χ1) is 12.2. The zero-order valence-corrected chi connectivity index (χ0v) is 14.1. The molecule has 130 valence electrons. The maximum absolute atomic E-state index is 11.0. The van der Waals surface area contributed by atoms with Crippen LogP contribution in [0.15, 0.2) is 42.5 Å². The fourth-order valence-corrected chi connectivity index (χ4v) is 3.02. The van der Waals surface area contributed by atoms with Gasteiger partial charge in [0.1, 0.15) is 5.75 Å². The predicted molar refractivity (Wildman–Crippen MR) is 97.9 cm³/mol. The van der Waals surface area contributed by atoms with Crippen molar-refractivity contribution in [3.05, 3.63) is 64.7 Å². The lowest BCUT2D eigenvalue weighted by molar-refractivity contribution is 0.0697. The average molecular weight is 338 g/mol. The van der Waals surface area contributed by atoms with E-state index in [1.165, 1.54) is 16.7 Å². The van der Waals surface area contributed by atoms with Crippen molar-refractivity contribution in [3.63, 3.8) is 0 Å². The molecular weight excluding hydrogens is 316 g/mol. The van der Waals surface area contributed by atoms with E-state index in [9.17, 15) is 4.79 Å². The van der Waals surface area contributed by atoms with Crippen LogP contribution in [0.1, 0.15) is 46.3 Å². The Kier molecular flexibility index (Phi) is 5.51. The van der Waals surface area contributed by atoms with E-state index in [0.29, 0.717) is 12.2 Å². The Bertz CT molecular complexity index is 775. The lowest BCUT2D eigenvalue weighted by Crippen LogP contribution is -2.03. The number of hydrogen-bond acceptors (Lipinski definition) is 3. The van der Waals surface area contributed by atoms with Crippen LogP contribution in [0.4, 0.5) is 0 Å². The highest BCUT2D eigenvalue weighted by Crippen LogP contribution is 2.32. The zero-order valence-electron chi connectivity index (χ0n) is 14.1. The summed E-state index contributed by atoms with van der Waals surface area (Å²) >= 11 is 0. The van der Waals surface area contributed by atoms with Gasteiger partial charge in [0.25, 0.3) is 0 Å². The van der Waals surface area contributed by atoms with Crippen LogP contribution in [0, 0.1) is 0 Å². The Labute approximate surface area is 147 Å². The monoisotopic (exact) mass is 338 g/mol. The van der Waals surface area contributed by atoms with Gasteiger partial charge >= 0.3 is 5.97 Å². The van der Waals surface area contributed by atoms with Crippen LogP contribution in [0.25, 0.3) is 11.6 Å². The van der Waals surface area contributed by atoms with Crippen molar-refractivity contribution >= 4 is 17.6 Å². The first-order valence-electron chi connectivity index (χ1n) is 8.58. The van der Waals surface area contributed by atoms with E-state index in [1.807, 2.05) is 18.2 Å². The van der Waals surface area contributed by atoms with Crippen molar-refractivity contribution < 1.29 is 19.7 Å². The molecule has 0 heterocycles. The Balaban J connectivity index is 1.72.